The first kappa shape index (κ1) is 44.2. The Balaban J connectivity index is 0.00000531. The number of anilines is 1. The fourth-order valence-corrected chi connectivity index (χ4v) is 6.21. The van der Waals surface area contributed by atoms with Gasteiger partial charge in [-0.1, -0.05) is 52.0 Å². The number of rotatable bonds is 15. The first-order valence-corrected chi connectivity index (χ1v) is 16.9. The molecular weight excluding hydrogens is 637 g/mol. The van der Waals surface area contributed by atoms with Gasteiger partial charge in [0.1, 0.15) is 11.6 Å². The second-order valence-electron chi connectivity index (χ2n) is 11.8. The zero-order valence-electron chi connectivity index (χ0n) is 30.1. The van der Waals surface area contributed by atoms with Crippen LogP contribution in [0.2, 0.25) is 0 Å². The summed E-state index contributed by atoms with van der Waals surface area (Å²) in [5, 5.41) is 11.4. The molecule has 0 amide bonds. The molecule has 0 bridgehead atoms. The lowest BCUT2D eigenvalue weighted by atomic mass is 9.76. The van der Waals surface area contributed by atoms with Crippen LogP contribution in [0.4, 0.5) is 19.0 Å². The van der Waals surface area contributed by atoms with Gasteiger partial charge < -0.3 is 15.4 Å². The molecule has 2 rings (SSSR count). The summed E-state index contributed by atoms with van der Waals surface area (Å²) in [4.78, 5) is 35.1. The lowest BCUT2D eigenvalue weighted by Crippen LogP contribution is -2.35. The van der Waals surface area contributed by atoms with E-state index < -0.39 is 29.4 Å². The Kier molecular flexibility index (Phi) is 17.8. The number of carbonyl (C=O) groups is 2. The summed E-state index contributed by atoms with van der Waals surface area (Å²) in [6, 6.07) is 0. The summed E-state index contributed by atoms with van der Waals surface area (Å²) in [7, 11) is 0. The van der Waals surface area contributed by atoms with Gasteiger partial charge in [0.2, 0.25) is 0 Å². The van der Waals surface area contributed by atoms with Gasteiger partial charge in [-0.25, -0.2) is 9.97 Å². The normalized spacial score (nSPS) is 13.2. The highest BCUT2D eigenvalue weighted by molar-refractivity contribution is 8.05. The Hall–Kier alpha value is -3.78. The zero-order valence-corrected chi connectivity index (χ0v) is 31.0. The molecule has 0 aliphatic carbocycles. The molecule has 0 aliphatic heterocycles. The number of allylic oxidation sites excluding steroid dienone is 3. The third-order valence-electron chi connectivity index (χ3n) is 7.95. The van der Waals surface area contributed by atoms with Crippen LogP contribution >= 0.6 is 11.8 Å². The lowest BCUT2D eigenvalue weighted by molar-refractivity contribution is -0.146. The Morgan fingerprint density at radius 3 is 2.15 bits per heavy atom. The van der Waals surface area contributed by atoms with Crippen molar-refractivity contribution in [1.82, 2.24) is 14.5 Å². The highest BCUT2D eigenvalue weighted by Crippen LogP contribution is 2.44. The quantitative estimate of drug-likeness (QED) is 0.179. The number of nitrogens with zero attached hydrogens (tertiary/aromatic N) is 3. The number of halogens is 3. The van der Waals surface area contributed by atoms with Crippen LogP contribution < -0.4 is 5.73 Å². The fourth-order valence-electron chi connectivity index (χ4n) is 5.20. The molecule has 0 fully saturated rings. The van der Waals surface area contributed by atoms with Crippen LogP contribution in [-0.4, -0.2) is 37.6 Å². The number of ketones is 1. The summed E-state index contributed by atoms with van der Waals surface area (Å²) in [6.45, 7) is 22.7. The minimum atomic E-state index is -4.23. The van der Waals surface area contributed by atoms with Crippen molar-refractivity contribution in [3.8, 4) is 24.2 Å². The predicted molar refractivity (Wildman–Crippen MR) is 194 cm³/mol. The number of carboxylic acids is 1. The Labute approximate surface area is 289 Å². The largest absolute Gasteiger partial charge is 0.481 e. The number of hydrogen-bond acceptors (Lipinski definition) is 6. The molecule has 0 aliphatic rings. The number of thioether (sulfide) groups is 1. The van der Waals surface area contributed by atoms with E-state index in [1.807, 2.05) is 52.2 Å². The summed E-state index contributed by atoms with van der Waals surface area (Å²) >= 11 is 1.27. The molecule has 3 N–H and O–H groups in total. The van der Waals surface area contributed by atoms with Crippen molar-refractivity contribution in [1.29, 1.82) is 0 Å². The van der Waals surface area contributed by atoms with Crippen LogP contribution in [0.15, 0.2) is 34.7 Å². The van der Waals surface area contributed by atoms with Gasteiger partial charge in [-0.2, -0.15) is 13.2 Å². The molecule has 0 spiro atoms. The second-order valence-corrected chi connectivity index (χ2v) is 12.7. The molecule has 2 aromatic rings. The van der Waals surface area contributed by atoms with Crippen molar-refractivity contribution in [3.05, 3.63) is 57.3 Å². The Bertz CT molecular complexity index is 1480. The molecular formula is C37H53F3N4O3S. The predicted octanol–water partition coefficient (Wildman–Crippen LogP) is 10.1. The number of aliphatic carboxylic acids is 1. The minimum absolute atomic E-state index is 0.0615. The molecule has 266 valence electrons. The third kappa shape index (κ3) is 11.1. The Morgan fingerprint density at radius 2 is 1.69 bits per heavy atom. The summed E-state index contributed by atoms with van der Waals surface area (Å²) < 4.78 is 40.1. The number of nitrogens with two attached hydrogens (primary N) is 1. The first-order chi connectivity index (χ1) is 22.3. The highest BCUT2D eigenvalue weighted by atomic mass is 32.2. The molecule has 2 heterocycles. The summed E-state index contributed by atoms with van der Waals surface area (Å²) in [5.74, 6) is -0.598. The van der Waals surface area contributed by atoms with Gasteiger partial charge in [-0.05, 0) is 71.1 Å². The number of aromatic nitrogens is 3. The van der Waals surface area contributed by atoms with Crippen molar-refractivity contribution in [2.75, 3.05) is 5.73 Å². The standard InChI is InChI=1S/C33H45F3N4O3S.C2H6.C2H2/c1-10-14-24-21(5)40(16-13-15-33(34,35)36)18-25(24)29-38-20(4)27(28(37)39-29)32(9,26(41)12-3)22(6)44-19-23(11-2)17-31(7,8)30(42)43;2*1-2/h10,14,18-19H,6,11-13,15-17H2,1-5,7-9H3,(H,42,43)(H2,37,38,39);1-2H3;1-2H/b14-10-,23-19+;;/t32-;;/m1../s1. The number of hydrogen-bond donors (Lipinski definition) is 2. The number of aryl methyl sites for hydroxylation is 2. The van der Waals surface area contributed by atoms with Crippen molar-refractivity contribution < 1.29 is 27.9 Å². The third-order valence-corrected chi connectivity index (χ3v) is 9.10. The van der Waals surface area contributed by atoms with Gasteiger partial charge in [0.15, 0.2) is 5.82 Å². The molecule has 48 heavy (non-hydrogen) atoms. The van der Waals surface area contributed by atoms with E-state index in [0.717, 1.165) is 16.8 Å². The average molecular weight is 691 g/mol. The highest BCUT2D eigenvalue weighted by Gasteiger charge is 2.41. The zero-order chi connectivity index (χ0) is 37.6. The molecule has 0 radical (unpaired) electrons. The van der Waals surface area contributed by atoms with E-state index in [1.54, 1.807) is 45.4 Å². The molecule has 0 unspecified atom stereocenters. The van der Waals surface area contributed by atoms with Crippen LogP contribution in [0.5, 0.6) is 0 Å². The van der Waals surface area contributed by atoms with Crippen LogP contribution in [0, 0.1) is 32.1 Å². The molecule has 11 heteroatoms. The number of alkyl halides is 3. The summed E-state index contributed by atoms with van der Waals surface area (Å²) in [5.41, 5.74) is 8.43. The average Bonchev–Trinajstić information content (AvgIpc) is 3.33. The van der Waals surface area contributed by atoms with Gasteiger partial charge >= 0.3 is 12.1 Å². The van der Waals surface area contributed by atoms with Crippen LogP contribution in [-0.2, 0) is 21.5 Å². The van der Waals surface area contributed by atoms with Crippen LogP contribution in [0.1, 0.15) is 110 Å². The maximum absolute atomic E-state index is 13.5. The topological polar surface area (TPSA) is 111 Å². The number of carbonyl (C=O) groups excluding carboxylic acids is 1. The molecule has 7 nitrogen and oxygen atoms in total. The number of Topliss-reactive ketones (excluding diaryl/α,β-unsaturated/α-hetero) is 1. The van der Waals surface area contributed by atoms with E-state index in [4.69, 9.17) is 10.7 Å². The first-order valence-electron chi connectivity index (χ1n) is 16.0. The van der Waals surface area contributed by atoms with Gasteiger partial charge in [0.25, 0.3) is 0 Å². The van der Waals surface area contributed by atoms with Gasteiger partial charge in [-0.3, -0.25) is 9.59 Å². The minimum Gasteiger partial charge on any atom is -0.481 e. The molecule has 2 aromatic heterocycles. The smallest absolute Gasteiger partial charge is 0.389 e. The molecule has 1 atom stereocenters. The van der Waals surface area contributed by atoms with E-state index in [-0.39, 0.29) is 31.0 Å². The number of carboxylic acid groups (broad SMARTS) is 1. The molecule has 0 saturated carbocycles. The molecule has 0 saturated heterocycles. The van der Waals surface area contributed by atoms with E-state index in [9.17, 15) is 27.9 Å². The molecule has 0 aromatic carbocycles. The van der Waals surface area contributed by atoms with E-state index in [2.05, 4.69) is 24.4 Å². The maximum atomic E-state index is 13.5. The van der Waals surface area contributed by atoms with E-state index in [0.29, 0.717) is 40.4 Å². The number of terminal acetylenes is 1. The SMILES string of the molecule is C#C.C=C(S/C=C(\CC)CC(C)(C)C(=O)O)[C@](C)(C(=O)CC)c1c(C)nc(-c2cn(CCCC(F)(F)F)c(C)c2/C=C\C)nc1N.CC. The van der Waals surface area contributed by atoms with Gasteiger partial charge in [-0.15, -0.1) is 24.6 Å². The van der Waals surface area contributed by atoms with Gasteiger partial charge in [0.05, 0.1) is 10.8 Å². The second kappa shape index (κ2) is 19.3. The van der Waals surface area contributed by atoms with Crippen LogP contribution in [0.25, 0.3) is 17.5 Å². The van der Waals surface area contributed by atoms with Crippen LogP contribution in [0.3, 0.4) is 0 Å². The van der Waals surface area contributed by atoms with Gasteiger partial charge in [0, 0.05) is 53.7 Å². The van der Waals surface area contributed by atoms with Crippen molar-refractivity contribution in [3.63, 3.8) is 0 Å². The van der Waals surface area contributed by atoms with E-state index >= 15 is 0 Å². The number of nitrogen functional groups attached to an aromatic ring is 1. The fraction of sp³-hybridized carbons (Fsp3) is 0.514. The Morgan fingerprint density at radius 1 is 1.10 bits per heavy atom. The summed E-state index contributed by atoms with van der Waals surface area (Å²) in [6.07, 6.45) is 9.47. The van der Waals surface area contributed by atoms with E-state index in [1.165, 1.54) is 11.8 Å². The van der Waals surface area contributed by atoms with Crippen molar-refractivity contribution in [2.45, 2.75) is 119 Å². The maximum Gasteiger partial charge on any atom is 0.389 e. The lowest BCUT2D eigenvalue weighted by Gasteiger charge is -2.32. The van der Waals surface area contributed by atoms with Crippen molar-refractivity contribution in [2.24, 2.45) is 5.41 Å². The van der Waals surface area contributed by atoms with Crippen molar-refractivity contribution >= 4 is 35.4 Å². The monoisotopic (exact) mass is 690 g/mol.